The van der Waals surface area contributed by atoms with Crippen LogP contribution in [0.4, 0.5) is 11.4 Å². The minimum absolute atomic E-state index is 0.915. The standard InChI is InChI=1S/C41H64N2/c1-4-7-10-12-14-16-18-20-23-27-37-29-25-32-39(34-37)42-36-41(31-22-9-6-3)43-40-33-26-30-38(35-40)28-24-21-19-17-15-13-11-8-5-2/h22,25-26,29-36H,4-21,23-24,27-28H2,1-3H3/b31-22+,42-36?,43-41?. The Balaban J connectivity index is 1.87. The third-order valence-electron chi connectivity index (χ3n) is 8.31. The zero-order valence-electron chi connectivity index (χ0n) is 28.3. The molecule has 2 aromatic rings. The van der Waals surface area contributed by atoms with E-state index in [1.54, 1.807) is 0 Å². The molecule has 0 radical (unpaired) electrons. The molecule has 0 spiro atoms. The number of allylic oxidation sites excluding steroid dienone is 2. The van der Waals surface area contributed by atoms with Gasteiger partial charge >= 0.3 is 0 Å². The summed E-state index contributed by atoms with van der Waals surface area (Å²) in [6.45, 7) is 6.79. The second kappa shape index (κ2) is 26.0. The second-order valence-corrected chi connectivity index (χ2v) is 12.5. The van der Waals surface area contributed by atoms with Crippen LogP contribution < -0.4 is 0 Å². The Bertz CT molecular complexity index is 1030. The molecule has 0 amide bonds. The molecular weight excluding hydrogens is 520 g/mol. The lowest BCUT2D eigenvalue weighted by Crippen LogP contribution is -1.95. The van der Waals surface area contributed by atoms with Gasteiger partial charge < -0.3 is 0 Å². The quantitative estimate of drug-likeness (QED) is 0.0776. The summed E-state index contributed by atoms with van der Waals surface area (Å²) in [5.41, 5.74) is 5.74. The SMILES string of the molecule is CCC/C=C/C(C=Nc1cccc(CCCCCCCCCCC)c1)=Nc1cccc(CCCCCCCCCCC)c1. The highest BCUT2D eigenvalue weighted by atomic mass is 14.8. The zero-order chi connectivity index (χ0) is 30.6. The highest BCUT2D eigenvalue weighted by molar-refractivity contribution is 6.36. The van der Waals surface area contributed by atoms with Crippen molar-refractivity contribution >= 4 is 23.3 Å². The predicted octanol–water partition coefficient (Wildman–Crippen LogP) is 13.7. The molecule has 2 rings (SSSR count). The van der Waals surface area contributed by atoms with Crippen molar-refractivity contribution in [1.82, 2.24) is 0 Å². The normalized spacial score (nSPS) is 12.2. The van der Waals surface area contributed by atoms with Crippen molar-refractivity contribution in [1.29, 1.82) is 0 Å². The van der Waals surface area contributed by atoms with Crippen molar-refractivity contribution in [3.8, 4) is 0 Å². The van der Waals surface area contributed by atoms with Crippen LogP contribution in [0.2, 0.25) is 0 Å². The Morgan fingerprint density at radius 2 is 1.00 bits per heavy atom. The van der Waals surface area contributed by atoms with E-state index in [0.717, 1.165) is 42.8 Å². The average molecular weight is 585 g/mol. The number of hydrogen-bond donors (Lipinski definition) is 0. The number of benzene rings is 2. The molecule has 0 saturated heterocycles. The molecule has 2 nitrogen and oxygen atoms in total. The molecule has 2 heteroatoms. The van der Waals surface area contributed by atoms with Gasteiger partial charge in [0.15, 0.2) is 0 Å². The van der Waals surface area contributed by atoms with Gasteiger partial charge in [0, 0.05) is 0 Å². The van der Waals surface area contributed by atoms with E-state index in [1.807, 2.05) is 6.21 Å². The fraction of sp³-hybridized carbons (Fsp3) is 0.610. The van der Waals surface area contributed by atoms with E-state index in [9.17, 15) is 0 Å². The van der Waals surface area contributed by atoms with Crippen LogP contribution in [0.1, 0.15) is 160 Å². The molecule has 0 N–H and O–H groups in total. The number of aryl methyl sites for hydroxylation is 2. The molecule has 238 valence electrons. The Hall–Kier alpha value is -2.48. The maximum Gasteiger partial charge on any atom is 0.0816 e. The first-order valence-corrected chi connectivity index (χ1v) is 18.2. The molecule has 43 heavy (non-hydrogen) atoms. The lowest BCUT2D eigenvalue weighted by molar-refractivity contribution is 0.565. The van der Waals surface area contributed by atoms with E-state index < -0.39 is 0 Å². The smallest absolute Gasteiger partial charge is 0.0816 e. The topological polar surface area (TPSA) is 24.7 Å². The summed E-state index contributed by atoms with van der Waals surface area (Å²) in [6.07, 6.45) is 35.4. The van der Waals surface area contributed by atoms with E-state index in [1.165, 1.54) is 127 Å². The minimum Gasteiger partial charge on any atom is -0.255 e. The lowest BCUT2D eigenvalue weighted by Gasteiger charge is -2.05. The number of rotatable bonds is 26. The van der Waals surface area contributed by atoms with Crippen LogP contribution in [0, 0.1) is 0 Å². The molecular formula is C41H64N2. The van der Waals surface area contributed by atoms with Crippen molar-refractivity contribution < 1.29 is 0 Å². The van der Waals surface area contributed by atoms with Gasteiger partial charge in [-0.1, -0.05) is 160 Å². The summed E-state index contributed by atoms with van der Waals surface area (Å²) >= 11 is 0. The first-order chi connectivity index (χ1) is 21.2. The van der Waals surface area contributed by atoms with Crippen LogP contribution in [0.5, 0.6) is 0 Å². The average Bonchev–Trinajstić information content (AvgIpc) is 3.02. The van der Waals surface area contributed by atoms with Crippen LogP contribution in [-0.4, -0.2) is 11.9 Å². The summed E-state index contributed by atoms with van der Waals surface area (Å²) in [5, 5.41) is 0. The molecule has 0 bridgehead atoms. The maximum atomic E-state index is 5.00. The van der Waals surface area contributed by atoms with Crippen molar-refractivity contribution in [2.24, 2.45) is 9.98 Å². The van der Waals surface area contributed by atoms with Crippen molar-refractivity contribution in [2.75, 3.05) is 0 Å². The number of aliphatic imine (C=N–C) groups is 2. The van der Waals surface area contributed by atoms with Gasteiger partial charge in [0.05, 0.1) is 23.3 Å². The van der Waals surface area contributed by atoms with Crippen molar-refractivity contribution in [3.05, 3.63) is 71.8 Å². The monoisotopic (exact) mass is 585 g/mol. The molecule has 0 saturated carbocycles. The van der Waals surface area contributed by atoms with Crippen LogP contribution in [0.25, 0.3) is 0 Å². The van der Waals surface area contributed by atoms with Gasteiger partial charge in [-0.15, -0.1) is 0 Å². The third kappa shape index (κ3) is 19.4. The van der Waals surface area contributed by atoms with Gasteiger partial charge in [0.1, 0.15) is 0 Å². The molecule has 0 aromatic heterocycles. The Morgan fingerprint density at radius 1 is 0.535 bits per heavy atom. The molecule has 0 fully saturated rings. The van der Waals surface area contributed by atoms with E-state index >= 15 is 0 Å². The van der Waals surface area contributed by atoms with Crippen molar-refractivity contribution in [2.45, 2.75) is 162 Å². The maximum absolute atomic E-state index is 5.00. The molecule has 0 aliphatic carbocycles. The summed E-state index contributed by atoms with van der Waals surface area (Å²) < 4.78 is 0. The molecule has 0 heterocycles. The molecule has 0 aliphatic heterocycles. The summed E-state index contributed by atoms with van der Waals surface area (Å²) in [4.78, 5) is 9.86. The highest BCUT2D eigenvalue weighted by Crippen LogP contribution is 2.20. The fourth-order valence-corrected chi connectivity index (χ4v) is 5.62. The summed E-state index contributed by atoms with van der Waals surface area (Å²) in [6, 6.07) is 17.5. The summed E-state index contributed by atoms with van der Waals surface area (Å²) in [7, 11) is 0. The largest absolute Gasteiger partial charge is 0.255 e. The Morgan fingerprint density at radius 3 is 1.51 bits per heavy atom. The predicted molar refractivity (Wildman–Crippen MR) is 194 cm³/mol. The van der Waals surface area contributed by atoms with Crippen LogP contribution in [0.3, 0.4) is 0 Å². The van der Waals surface area contributed by atoms with Gasteiger partial charge in [-0.05, 0) is 73.6 Å². The van der Waals surface area contributed by atoms with Crippen LogP contribution >= 0.6 is 0 Å². The van der Waals surface area contributed by atoms with Crippen molar-refractivity contribution in [3.63, 3.8) is 0 Å². The van der Waals surface area contributed by atoms with Crippen LogP contribution in [-0.2, 0) is 12.8 Å². The Labute approximate surface area is 266 Å². The first kappa shape index (κ1) is 36.7. The molecule has 0 unspecified atom stereocenters. The highest BCUT2D eigenvalue weighted by Gasteiger charge is 2.00. The van der Waals surface area contributed by atoms with Gasteiger partial charge in [-0.3, -0.25) is 4.99 Å². The van der Waals surface area contributed by atoms with E-state index in [2.05, 4.69) is 81.5 Å². The number of hydrogen-bond acceptors (Lipinski definition) is 2. The fourth-order valence-electron chi connectivity index (χ4n) is 5.62. The number of nitrogens with zero attached hydrogens (tertiary/aromatic N) is 2. The number of unbranched alkanes of at least 4 members (excludes halogenated alkanes) is 17. The zero-order valence-corrected chi connectivity index (χ0v) is 28.3. The molecule has 0 atom stereocenters. The second-order valence-electron chi connectivity index (χ2n) is 12.5. The molecule has 0 aliphatic rings. The lowest BCUT2D eigenvalue weighted by atomic mass is 10.0. The first-order valence-electron chi connectivity index (χ1n) is 18.2. The van der Waals surface area contributed by atoms with E-state index in [0.29, 0.717) is 0 Å². The molecule has 2 aromatic carbocycles. The van der Waals surface area contributed by atoms with Gasteiger partial charge in [0.2, 0.25) is 0 Å². The van der Waals surface area contributed by atoms with Crippen LogP contribution in [0.15, 0.2) is 70.7 Å². The Kier molecular flexibility index (Phi) is 22.2. The van der Waals surface area contributed by atoms with Gasteiger partial charge in [0.25, 0.3) is 0 Å². The minimum atomic E-state index is 0.915. The summed E-state index contributed by atoms with van der Waals surface area (Å²) in [5.74, 6) is 0. The van der Waals surface area contributed by atoms with E-state index in [-0.39, 0.29) is 0 Å². The van der Waals surface area contributed by atoms with Gasteiger partial charge in [-0.25, -0.2) is 4.99 Å². The third-order valence-corrected chi connectivity index (χ3v) is 8.31. The van der Waals surface area contributed by atoms with Gasteiger partial charge in [-0.2, -0.15) is 0 Å². The van der Waals surface area contributed by atoms with E-state index in [4.69, 9.17) is 9.98 Å².